The van der Waals surface area contributed by atoms with Gasteiger partial charge in [0.1, 0.15) is 0 Å². The van der Waals surface area contributed by atoms with Crippen LogP contribution in [0.5, 0.6) is 0 Å². The normalized spacial score (nSPS) is 31.7. The molecule has 2 aromatic rings. The van der Waals surface area contributed by atoms with Gasteiger partial charge in [0, 0.05) is 23.1 Å². The molecule has 1 aromatic carbocycles. The van der Waals surface area contributed by atoms with Crippen molar-refractivity contribution < 1.29 is 14.3 Å². The zero-order chi connectivity index (χ0) is 19.3. The lowest BCUT2D eigenvalue weighted by Gasteiger charge is -2.59. The molecular formula is C23H28N2O3. The van der Waals surface area contributed by atoms with E-state index in [1.54, 1.807) is 6.20 Å². The second kappa shape index (κ2) is 6.64. The van der Waals surface area contributed by atoms with E-state index < -0.39 is 5.97 Å². The maximum atomic E-state index is 12.5. The molecule has 1 aromatic heterocycles. The first-order chi connectivity index (χ1) is 13.5. The highest BCUT2D eigenvalue weighted by Gasteiger charge is 2.53. The van der Waals surface area contributed by atoms with Gasteiger partial charge < -0.3 is 15.0 Å². The predicted octanol–water partition coefficient (Wildman–Crippen LogP) is 4.05. The molecule has 0 unspecified atom stereocenters. The van der Waals surface area contributed by atoms with E-state index in [2.05, 4.69) is 17.2 Å². The van der Waals surface area contributed by atoms with Crippen LogP contribution in [0.3, 0.4) is 0 Å². The average molecular weight is 380 g/mol. The molecule has 5 nitrogen and oxygen atoms in total. The van der Waals surface area contributed by atoms with Gasteiger partial charge in [-0.15, -0.1) is 0 Å². The minimum absolute atomic E-state index is 0.139. The van der Waals surface area contributed by atoms with Crippen LogP contribution < -0.4 is 5.32 Å². The standard InChI is InChI=1S/C23H28N2O3/c1-14(23-9-15-6-16(10-23)8-17(7-15)11-23)25-21(26)13-28-22(27)19-12-24-20-5-3-2-4-18(19)20/h2-5,12,14-17,24H,6-11,13H2,1H3,(H,25,26)/t14-,15?,16?,17?,23?/m0/s1. The van der Waals surface area contributed by atoms with Gasteiger partial charge in [0.15, 0.2) is 6.61 Å². The minimum atomic E-state index is -0.463. The largest absolute Gasteiger partial charge is 0.452 e. The zero-order valence-electron chi connectivity index (χ0n) is 16.4. The van der Waals surface area contributed by atoms with E-state index in [9.17, 15) is 9.59 Å². The minimum Gasteiger partial charge on any atom is -0.452 e. The summed E-state index contributed by atoms with van der Waals surface area (Å²) in [5.41, 5.74) is 1.61. The molecular weight excluding hydrogens is 352 g/mol. The number of benzene rings is 1. The molecule has 1 amide bonds. The van der Waals surface area contributed by atoms with Crippen LogP contribution >= 0.6 is 0 Å². The third-order valence-corrected chi connectivity index (χ3v) is 7.53. The Balaban J connectivity index is 1.19. The molecule has 148 valence electrons. The summed E-state index contributed by atoms with van der Waals surface area (Å²) in [6.45, 7) is 1.92. The first-order valence-corrected chi connectivity index (χ1v) is 10.5. The third-order valence-electron chi connectivity index (χ3n) is 7.53. The summed E-state index contributed by atoms with van der Waals surface area (Å²) in [7, 11) is 0. The number of aromatic nitrogens is 1. The van der Waals surface area contributed by atoms with Gasteiger partial charge in [-0.2, -0.15) is 0 Å². The number of ether oxygens (including phenoxy) is 1. The summed E-state index contributed by atoms with van der Waals surface area (Å²) in [4.78, 5) is 28.0. The molecule has 5 heteroatoms. The van der Waals surface area contributed by atoms with Gasteiger partial charge in [0.2, 0.25) is 0 Å². The van der Waals surface area contributed by atoms with Crippen molar-refractivity contribution in [1.82, 2.24) is 10.3 Å². The molecule has 1 atom stereocenters. The summed E-state index contributed by atoms with van der Waals surface area (Å²) < 4.78 is 5.31. The van der Waals surface area contributed by atoms with Crippen LogP contribution in [0.1, 0.15) is 55.8 Å². The summed E-state index contributed by atoms with van der Waals surface area (Å²) in [6, 6.07) is 7.71. The van der Waals surface area contributed by atoms with E-state index in [1.165, 1.54) is 38.5 Å². The van der Waals surface area contributed by atoms with Gasteiger partial charge in [0.05, 0.1) is 5.56 Å². The van der Waals surface area contributed by atoms with Crippen molar-refractivity contribution in [2.45, 2.75) is 51.5 Å². The van der Waals surface area contributed by atoms with Gasteiger partial charge in [0.25, 0.3) is 5.91 Å². The maximum absolute atomic E-state index is 12.5. The Bertz CT molecular complexity index is 880. The van der Waals surface area contributed by atoms with Crippen molar-refractivity contribution in [2.75, 3.05) is 6.61 Å². The van der Waals surface area contributed by atoms with E-state index in [0.717, 1.165) is 28.7 Å². The van der Waals surface area contributed by atoms with Gasteiger partial charge in [-0.3, -0.25) is 4.79 Å². The molecule has 4 bridgehead atoms. The second-order valence-electron chi connectivity index (χ2n) is 9.39. The van der Waals surface area contributed by atoms with Gasteiger partial charge >= 0.3 is 5.97 Å². The lowest BCUT2D eigenvalue weighted by atomic mass is 9.48. The van der Waals surface area contributed by atoms with Crippen LogP contribution in [-0.4, -0.2) is 29.5 Å². The van der Waals surface area contributed by atoms with Gasteiger partial charge in [-0.1, -0.05) is 18.2 Å². The van der Waals surface area contributed by atoms with Gasteiger partial charge in [-0.25, -0.2) is 4.79 Å². The molecule has 0 aliphatic heterocycles. The van der Waals surface area contributed by atoms with Gasteiger partial charge in [-0.05, 0) is 74.7 Å². The number of amides is 1. The quantitative estimate of drug-likeness (QED) is 0.769. The number of carbonyl (C=O) groups is 2. The Hall–Kier alpha value is -2.30. The SMILES string of the molecule is C[C@H](NC(=O)COC(=O)c1c[nH]c2ccccc12)C12CC3CC(CC(C3)C1)C2. The van der Waals surface area contributed by atoms with Crippen molar-refractivity contribution >= 4 is 22.8 Å². The Labute approximate surface area is 165 Å². The Morgan fingerprint density at radius 3 is 2.46 bits per heavy atom. The molecule has 4 saturated carbocycles. The number of aromatic amines is 1. The first kappa shape index (κ1) is 17.8. The molecule has 4 aliphatic rings. The topological polar surface area (TPSA) is 71.2 Å². The van der Waals surface area contributed by atoms with Crippen molar-refractivity contribution in [1.29, 1.82) is 0 Å². The van der Waals surface area contributed by atoms with Crippen molar-refractivity contribution in [3.8, 4) is 0 Å². The fraction of sp³-hybridized carbons (Fsp3) is 0.565. The molecule has 28 heavy (non-hydrogen) atoms. The van der Waals surface area contributed by atoms with Crippen molar-refractivity contribution in [3.05, 3.63) is 36.0 Å². The number of fused-ring (bicyclic) bond motifs is 1. The summed E-state index contributed by atoms with van der Waals surface area (Å²) in [6.07, 6.45) is 9.55. The third kappa shape index (κ3) is 3.01. The number of nitrogens with one attached hydrogen (secondary N) is 2. The molecule has 4 fully saturated rings. The van der Waals surface area contributed by atoms with Crippen LogP contribution in [0, 0.1) is 23.2 Å². The lowest BCUT2D eigenvalue weighted by Crippen LogP contribution is -2.56. The monoisotopic (exact) mass is 380 g/mol. The summed E-state index contributed by atoms with van der Waals surface area (Å²) >= 11 is 0. The van der Waals surface area contributed by atoms with Crippen LogP contribution in [0.4, 0.5) is 0 Å². The van der Waals surface area contributed by atoms with Crippen LogP contribution in [0.2, 0.25) is 0 Å². The van der Waals surface area contributed by atoms with E-state index in [4.69, 9.17) is 4.74 Å². The highest BCUT2D eigenvalue weighted by atomic mass is 16.5. The maximum Gasteiger partial charge on any atom is 0.340 e. The molecule has 1 heterocycles. The smallest absolute Gasteiger partial charge is 0.340 e. The highest BCUT2D eigenvalue weighted by molar-refractivity contribution is 6.04. The highest BCUT2D eigenvalue weighted by Crippen LogP contribution is 2.61. The van der Waals surface area contributed by atoms with Crippen LogP contribution in [0.15, 0.2) is 30.5 Å². The zero-order valence-corrected chi connectivity index (χ0v) is 16.4. The number of hydrogen-bond acceptors (Lipinski definition) is 3. The molecule has 2 N–H and O–H groups in total. The molecule has 0 spiro atoms. The van der Waals surface area contributed by atoms with Crippen LogP contribution in [-0.2, 0) is 9.53 Å². The van der Waals surface area contributed by atoms with E-state index >= 15 is 0 Å². The summed E-state index contributed by atoms with van der Waals surface area (Å²) in [5.74, 6) is 1.90. The molecule has 6 rings (SSSR count). The number of H-pyrrole nitrogens is 1. The van der Waals surface area contributed by atoms with E-state index in [0.29, 0.717) is 5.56 Å². The van der Waals surface area contributed by atoms with Crippen molar-refractivity contribution in [2.24, 2.45) is 23.2 Å². The predicted molar refractivity (Wildman–Crippen MR) is 107 cm³/mol. The van der Waals surface area contributed by atoms with Crippen molar-refractivity contribution in [3.63, 3.8) is 0 Å². The number of carbonyl (C=O) groups excluding carboxylic acids is 2. The van der Waals surface area contributed by atoms with E-state index in [-0.39, 0.29) is 24.0 Å². The van der Waals surface area contributed by atoms with Crippen LogP contribution in [0.25, 0.3) is 10.9 Å². The summed E-state index contributed by atoms with van der Waals surface area (Å²) in [5, 5.41) is 3.97. The Morgan fingerprint density at radius 1 is 1.14 bits per heavy atom. The number of esters is 1. The molecule has 4 aliphatic carbocycles. The molecule has 0 radical (unpaired) electrons. The van der Waals surface area contributed by atoms with E-state index in [1.807, 2.05) is 24.3 Å². The average Bonchev–Trinajstić information content (AvgIpc) is 3.09. The fourth-order valence-corrected chi connectivity index (χ4v) is 6.59. The lowest BCUT2D eigenvalue weighted by molar-refractivity contribution is -0.128. The number of rotatable bonds is 5. The first-order valence-electron chi connectivity index (χ1n) is 10.5. The number of hydrogen-bond donors (Lipinski definition) is 2. The second-order valence-corrected chi connectivity index (χ2v) is 9.39. The fourth-order valence-electron chi connectivity index (χ4n) is 6.59. The Morgan fingerprint density at radius 2 is 1.79 bits per heavy atom. The number of para-hydroxylation sites is 1. The Kier molecular flexibility index (Phi) is 4.22. The molecule has 0 saturated heterocycles.